The lowest BCUT2D eigenvalue weighted by Gasteiger charge is -2.34. The minimum atomic E-state index is -0.660. The van der Waals surface area contributed by atoms with Crippen molar-refractivity contribution in [1.82, 2.24) is 15.3 Å². The summed E-state index contributed by atoms with van der Waals surface area (Å²) in [5.41, 5.74) is 2.31. The molecule has 8 nitrogen and oxygen atoms in total. The highest BCUT2D eigenvalue weighted by Gasteiger charge is 2.52. The number of hydrogen-bond acceptors (Lipinski definition) is 4. The SMILES string of the molecule is [C-]#[N+]c1ccc(/C=C2\CN(C(=O)CNC3CC(C)(C)N([O])C3(C)C)C/C(=C\c3ccc([N+]#[C-])cc3)C2=O)cc1. The molecule has 2 aliphatic heterocycles. The van der Waals surface area contributed by atoms with E-state index in [9.17, 15) is 14.8 Å². The molecule has 2 aromatic rings. The number of hydroxylamine groups is 2. The van der Waals surface area contributed by atoms with Gasteiger partial charge in [0.15, 0.2) is 17.2 Å². The summed E-state index contributed by atoms with van der Waals surface area (Å²) in [4.78, 5) is 35.4. The average molecular weight is 523 g/mol. The summed E-state index contributed by atoms with van der Waals surface area (Å²) < 4.78 is 0. The highest BCUT2D eigenvalue weighted by molar-refractivity contribution is 6.15. The average Bonchev–Trinajstić information content (AvgIpc) is 3.08. The molecule has 0 spiro atoms. The summed E-state index contributed by atoms with van der Waals surface area (Å²) in [5, 5.41) is 17.2. The smallest absolute Gasteiger partial charge is 0.237 e. The Balaban J connectivity index is 1.59. The number of carbonyl (C=O) groups excluding carboxylic acids is 2. The van der Waals surface area contributed by atoms with Gasteiger partial charge in [-0.05, 0) is 57.4 Å². The molecule has 1 radical (unpaired) electrons. The van der Waals surface area contributed by atoms with E-state index in [0.717, 1.165) is 16.2 Å². The second-order valence-electron chi connectivity index (χ2n) is 11.2. The van der Waals surface area contributed by atoms with Crippen LogP contribution in [-0.4, -0.2) is 58.4 Å². The number of ketones is 1. The van der Waals surface area contributed by atoms with E-state index >= 15 is 0 Å². The Labute approximate surface area is 229 Å². The lowest BCUT2D eigenvalue weighted by Crippen LogP contribution is -2.53. The van der Waals surface area contributed by atoms with Crippen molar-refractivity contribution in [3.05, 3.63) is 93.6 Å². The molecule has 0 aromatic heterocycles. The summed E-state index contributed by atoms with van der Waals surface area (Å²) >= 11 is 0. The van der Waals surface area contributed by atoms with Crippen molar-refractivity contribution in [2.75, 3.05) is 19.6 Å². The van der Waals surface area contributed by atoms with Gasteiger partial charge in [0.2, 0.25) is 5.91 Å². The lowest BCUT2D eigenvalue weighted by atomic mass is 9.93. The van der Waals surface area contributed by atoms with Crippen LogP contribution in [0.4, 0.5) is 11.4 Å². The van der Waals surface area contributed by atoms with Gasteiger partial charge < -0.3 is 10.2 Å². The van der Waals surface area contributed by atoms with E-state index < -0.39 is 11.1 Å². The van der Waals surface area contributed by atoms with Crippen LogP contribution in [0.2, 0.25) is 0 Å². The number of amides is 1. The van der Waals surface area contributed by atoms with Crippen LogP contribution in [0, 0.1) is 13.1 Å². The van der Waals surface area contributed by atoms with Crippen molar-refractivity contribution in [3.8, 4) is 0 Å². The van der Waals surface area contributed by atoms with Gasteiger partial charge in [-0.15, -0.1) is 10.3 Å². The minimum absolute atomic E-state index is 0.0478. The van der Waals surface area contributed by atoms with Gasteiger partial charge in [-0.1, -0.05) is 48.5 Å². The summed E-state index contributed by atoms with van der Waals surface area (Å²) in [6.07, 6.45) is 4.14. The van der Waals surface area contributed by atoms with Crippen molar-refractivity contribution in [2.24, 2.45) is 0 Å². The molecule has 0 bridgehead atoms. The zero-order valence-corrected chi connectivity index (χ0v) is 22.7. The molecule has 1 N–H and O–H groups in total. The molecular formula is C31H32N5O3. The zero-order chi connectivity index (χ0) is 28.4. The quantitative estimate of drug-likeness (QED) is 0.431. The standard InChI is InChI=1S/C31H32N5O3/c1-30(2)17-27(31(3,4)36(30)39)34-18-28(37)35-19-23(15-21-7-11-25(32-5)12-8-21)29(38)24(20-35)16-22-9-13-26(33-6)14-10-22/h7-16,27,34H,17-20H2,1-4H3/b23-15+,24-16+. The molecule has 2 heterocycles. The van der Waals surface area contributed by atoms with E-state index in [1.54, 1.807) is 65.6 Å². The number of Topliss-reactive ketones (excluding diaryl/α,β-unsaturated/α-hetero) is 1. The van der Waals surface area contributed by atoms with Crippen LogP contribution in [0.1, 0.15) is 45.2 Å². The number of likely N-dealkylation sites (tertiary alicyclic amines) is 1. The van der Waals surface area contributed by atoms with Gasteiger partial charge >= 0.3 is 0 Å². The van der Waals surface area contributed by atoms with Crippen molar-refractivity contribution in [3.63, 3.8) is 0 Å². The lowest BCUT2D eigenvalue weighted by molar-refractivity contribution is -0.246. The van der Waals surface area contributed by atoms with Crippen LogP contribution in [0.5, 0.6) is 0 Å². The second-order valence-corrected chi connectivity index (χ2v) is 11.2. The third-order valence-corrected chi connectivity index (χ3v) is 7.51. The molecule has 1 amide bonds. The Morgan fingerprint density at radius 1 is 0.923 bits per heavy atom. The summed E-state index contributed by atoms with van der Waals surface area (Å²) in [6.45, 7) is 22.3. The molecule has 2 fully saturated rings. The van der Waals surface area contributed by atoms with Gasteiger partial charge in [-0.3, -0.25) is 9.59 Å². The van der Waals surface area contributed by atoms with E-state index in [1.807, 2.05) is 27.7 Å². The molecule has 2 aliphatic rings. The summed E-state index contributed by atoms with van der Waals surface area (Å²) in [5.74, 6) is -0.305. The van der Waals surface area contributed by atoms with Gasteiger partial charge in [0.05, 0.1) is 25.2 Å². The maximum Gasteiger partial charge on any atom is 0.237 e. The van der Waals surface area contributed by atoms with Gasteiger partial charge in [-0.25, -0.2) is 9.69 Å². The first-order chi connectivity index (χ1) is 18.4. The molecule has 0 saturated carbocycles. The maximum atomic E-state index is 13.5. The van der Waals surface area contributed by atoms with Crippen LogP contribution >= 0.6 is 0 Å². The number of nitrogens with zero attached hydrogens (tertiary/aromatic N) is 4. The number of nitrogens with one attached hydrogen (secondary N) is 1. The van der Waals surface area contributed by atoms with Gasteiger partial charge in [0, 0.05) is 35.8 Å². The first-order valence-electron chi connectivity index (χ1n) is 12.8. The van der Waals surface area contributed by atoms with Crippen LogP contribution in [-0.2, 0) is 14.8 Å². The zero-order valence-electron chi connectivity index (χ0n) is 22.7. The topological polar surface area (TPSA) is 81.3 Å². The Morgan fingerprint density at radius 2 is 1.38 bits per heavy atom. The van der Waals surface area contributed by atoms with Gasteiger partial charge in [0.1, 0.15) is 0 Å². The fourth-order valence-electron chi connectivity index (χ4n) is 5.31. The first-order valence-corrected chi connectivity index (χ1v) is 12.8. The third-order valence-electron chi connectivity index (χ3n) is 7.51. The molecule has 2 saturated heterocycles. The highest BCUT2D eigenvalue weighted by Crippen LogP contribution is 2.39. The van der Waals surface area contributed by atoms with Crippen molar-refractivity contribution >= 4 is 35.2 Å². The van der Waals surface area contributed by atoms with E-state index in [4.69, 9.17) is 13.1 Å². The van der Waals surface area contributed by atoms with E-state index in [0.29, 0.717) is 28.9 Å². The van der Waals surface area contributed by atoms with Crippen molar-refractivity contribution in [1.29, 1.82) is 0 Å². The molecule has 1 unspecified atom stereocenters. The Kier molecular flexibility index (Phi) is 7.85. The summed E-state index contributed by atoms with van der Waals surface area (Å²) in [7, 11) is 0. The Hall–Kier alpha value is -4.08. The fraction of sp³-hybridized carbons (Fsp3) is 0.355. The molecule has 199 valence electrons. The normalized spacial score (nSPS) is 22.6. The minimum Gasteiger partial charge on any atom is -0.333 e. The summed E-state index contributed by atoms with van der Waals surface area (Å²) in [6, 6.07) is 13.7. The highest BCUT2D eigenvalue weighted by atomic mass is 16.5. The maximum absolute atomic E-state index is 13.5. The van der Waals surface area contributed by atoms with Crippen molar-refractivity contribution in [2.45, 2.75) is 51.2 Å². The van der Waals surface area contributed by atoms with Crippen LogP contribution in [0.15, 0.2) is 59.7 Å². The number of piperidine rings is 1. The van der Waals surface area contributed by atoms with Gasteiger partial charge in [-0.2, -0.15) is 0 Å². The largest absolute Gasteiger partial charge is 0.333 e. The molecular weight excluding hydrogens is 490 g/mol. The van der Waals surface area contributed by atoms with Crippen LogP contribution < -0.4 is 5.32 Å². The number of carbonyl (C=O) groups is 2. The molecule has 39 heavy (non-hydrogen) atoms. The molecule has 0 aliphatic carbocycles. The molecule has 1 atom stereocenters. The fourth-order valence-corrected chi connectivity index (χ4v) is 5.31. The Morgan fingerprint density at radius 3 is 1.77 bits per heavy atom. The second kappa shape index (κ2) is 11.0. The Bertz CT molecular complexity index is 1330. The monoisotopic (exact) mass is 522 g/mol. The molecule has 8 heteroatoms. The number of rotatable bonds is 5. The van der Waals surface area contributed by atoms with E-state index in [2.05, 4.69) is 15.0 Å². The van der Waals surface area contributed by atoms with Gasteiger partial charge in [0.25, 0.3) is 0 Å². The third kappa shape index (κ3) is 6.00. The predicted octanol–water partition coefficient (Wildman–Crippen LogP) is 5.23. The predicted molar refractivity (Wildman–Crippen MR) is 150 cm³/mol. The van der Waals surface area contributed by atoms with Crippen LogP contribution in [0.3, 0.4) is 0 Å². The van der Waals surface area contributed by atoms with E-state index in [-0.39, 0.29) is 37.4 Å². The number of hydrogen-bond donors (Lipinski definition) is 1. The number of benzene rings is 2. The van der Waals surface area contributed by atoms with Crippen LogP contribution in [0.25, 0.3) is 21.8 Å². The molecule has 4 rings (SSSR count). The first kappa shape index (κ1) is 27.9. The van der Waals surface area contributed by atoms with E-state index in [1.165, 1.54) is 0 Å². The molecule has 2 aromatic carbocycles. The van der Waals surface area contributed by atoms with Crippen molar-refractivity contribution < 1.29 is 14.8 Å².